The third kappa shape index (κ3) is 3.95. The molecule has 1 aliphatic heterocycles. The molecule has 0 amide bonds. The van der Waals surface area contributed by atoms with Gasteiger partial charge in [-0.15, -0.1) is 0 Å². The van der Waals surface area contributed by atoms with Gasteiger partial charge in [-0.2, -0.15) is 0 Å². The molecule has 0 saturated carbocycles. The molecule has 0 bridgehead atoms. The molecule has 104 valence electrons. The zero-order valence-corrected chi connectivity index (χ0v) is 11.9. The maximum atomic E-state index is 10.8. The fraction of sp³-hybridized carbons (Fsp3) is 0.533. The molecule has 0 spiro atoms. The van der Waals surface area contributed by atoms with Crippen LogP contribution in [0.4, 0.5) is 0 Å². The van der Waals surface area contributed by atoms with E-state index in [9.17, 15) is 4.79 Å². The van der Waals surface area contributed by atoms with Crippen molar-refractivity contribution < 1.29 is 9.90 Å². The average Bonchev–Trinajstić information content (AvgIpc) is 2.37. The number of likely N-dealkylation sites (tertiary alicyclic amines) is 1. The highest BCUT2D eigenvalue weighted by Crippen LogP contribution is 2.29. The molecule has 0 aromatic heterocycles. The molecule has 1 aliphatic rings. The molecule has 0 aliphatic carbocycles. The van der Waals surface area contributed by atoms with Crippen molar-refractivity contribution in [1.82, 2.24) is 4.90 Å². The molecule has 19 heavy (non-hydrogen) atoms. The quantitative estimate of drug-likeness (QED) is 0.917. The van der Waals surface area contributed by atoms with Gasteiger partial charge in [0.2, 0.25) is 0 Å². The SMILES string of the molecule is CC(c1cccc(Cl)c1)N1CCCC(CC(=O)O)C1. The molecule has 1 aromatic rings. The van der Waals surface area contributed by atoms with Gasteiger partial charge in [0.15, 0.2) is 0 Å². The van der Waals surface area contributed by atoms with Crippen LogP contribution in [0.25, 0.3) is 0 Å². The summed E-state index contributed by atoms with van der Waals surface area (Å²) in [5, 5.41) is 9.66. The van der Waals surface area contributed by atoms with Gasteiger partial charge in [-0.05, 0) is 49.9 Å². The fourth-order valence-electron chi connectivity index (χ4n) is 2.84. The third-order valence-corrected chi connectivity index (χ3v) is 4.13. The van der Waals surface area contributed by atoms with E-state index in [4.69, 9.17) is 16.7 Å². The van der Waals surface area contributed by atoms with E-state index in [1.165, 1.54) is 5.56 Å². The Hall–Kier alpha value is -1.06. The third-order valence-electron chi connectivity index (χ3n) is 3.89. The lowest BCUT2D eigenvalue weighted by Gasteiger charge is -2.36. The second-order valence-electron chi connectivity index (χ2n) is 5.33. The van der Waals surface area contributed by atoms with Gasteiger partial charge < -0.3 is 5.11 Å². The fourth-order valence-corrected chi connectivity index (χ4v) is 3.04. The highest BCUT2D eigenvalue weighted by Gasteiger charge is 2.25. The monoisotopic (exact) mass is 281 g/mol. The van der Waals surface area contributed by atoms with E-state index in [0.717, 1.165) is 31.0 Å². The van der Waals surface area contributed by atoms with Crippen LogP contribution in [0.15, 0.2) is 24.3 Å². The lowest BCUT2D eigenvalue weighted by atomic mass is 9.93. The highest BCUT2D eigenvalue weighted by molar-refractivity contribution is 6.30. The molecule has 2 unspecified atom stereocenters. The molecular formula is C15H20ClNO2. The van der Waals surface area contributed by atoms with Gasteiger partial charge >= 0.3 is 5.97 Å². The van der Waals surface area contributed by atoms with E-state index in [1.807, 2.05) is 18.2 Å². The predicted octanol–water partition coefficient (Wildman–Crippen LogP) is 3.59. The molecule has 1 saturated heterocycles. The first kappa shape index (κ1) is 14.4. The first-order chi connectivity index (χ1) is 9.06. The molecule has 0 radical (unpaired) electrons. The Morgan fingerprint density at radius 2 is 2.37 bits per heavy atom. The summed E-state index contributed by atoms with van der Waals surface area (Å²) in [7, 11) is 0. The van der Waals surface area contributed by atoms with Crippen molar-refractivity contribution in [2.45, 2.75) is 32.2 Å². The van der Waals surface area contributed by atoms with Crippen LogP contribution in [0.2, 0.25) is 5.02 Å². The average molecular weight is 282 g/mol. The molecule has 3 nitrogen and oxygen atoms in total. The van der Waals surface area contributed by atoms with Gasteiger partial charge in [0.25, 0.3) is 0 Å². The van der Waals surface area contributed by atoms with E-state index < -0.39 is 5.97 Å². The van der Waals surface area contributed by atoms with Crippen LogP contribution in [0.1, 0.15) is 37.8 Å². The minimum absolute atomic E-state index is 0.271. The van der Waals surface area contributed by atoms with Crippen molar-refractivity contribution in [3.63, 3.8) is 0 Å². The van der Waals surface area contributed by atoms with Crippen LogP contribution in [0.3, 0.4) is 0 Å². The van der Waals surface area contributed by atoms with Crippen LogP contribution in [0.5, 0.6) is 0 Å². The smallest absolute Gasteiger partial charge is 0.303 e. The number of piperidine rings is 1. The summed E-state index contributed by atoms with van der Waals surface area (Å²) in [5.41, 5.74) is 1.20. The molecule has 2 atom stereocenters. The van der Waals surface area contributed by atoms with Crippen molar-refractivity contribution in [1.29, 1.82) is 0 Å². The molecule has 2 rings (SSSR count). The van der Waals surface area contributed by atoms with Gasteiger partial charge in [-0.3, -0.25) is 9.69 Å². The highest BCUT2D eigenvalue weighted by atomic mass is 35.5. The topological polar surface area (TPSA) is 40.5 Å². The first-order valence-corrected chi connectivity index (χ1v) is 7.15. The molecule has 4 heteroatoms. The first-order valence-electron chi connectivity index (χ1n) is 6.77. The van der Waals surface area contributed by atoms with Crippen molar-refractivity contribution in [3.8, 4) is 0 Å². The summed E-state index contributed by atoms with van der Waals surface area (Å²) >= 11 is 6.03. The lowest BCUT2D eigenvalue weighted by Crippen LogP contribution is -2.37. The largest absolute Gasteiger partial charge is 0.481 e. The molecule has 1 N–H and O–H groups in total. The minimum Gasteiger partial charge on any atom is -0.481 e. The van der Waals surface area contributed by atoms with Crippen LogP contribution < -0.4 is 0 Å². The molecule has 1 fully saturated rings. The van der Waals surface area contributed by atoms with Gasteiger partial charge in [0.1, 0.15) is 0 Å². The Labute approximate surface area is 119 Å². The van der Waals surface area contributed by atoms with Gasteiger partial charge in [-0.1, -0.05) is 23.7 Å². The van der Waals surface area contributed by atoms with Crippen LogP contribution in [-0.2, 0) is 4.79 Å². The van der Waals surface area contributed by atoms with Crippen molar-refractivity contribution >= 4 is 17.6 Å². The van der Waals surface area contributed by atoms with E-state index in [2.05, 4.69) is 17.9 Å². The summed E-state index contributed by atoms with van der Waals surface area (Å²) in [6.45, 7) is 4.05. The number of halogens is 1. The van der Waals surface area contributed by atoms with Crippen LogP contribution in [0, 0.1) is 5.92 Å². The second kappa shape index (κ2) is 6.40. The van der Waals surface area contributed by atoms with Crippen molar-refractivity contribution in [2.75, 3.05) is 13.1 Å². The standard InChI is InChI=1S/C15H20ClNO2/c1-11(13-5-2-6-14(16)9-13)17-7-3-4-12(10-17)8-15(18)19/h2,5-6,9,11-12H,3-4,7-8,10H2,1H3,(H,18,19). The van der Waals surface area contributed by atoms with Gasteiger partial charge in [0.05, 0.1) is 0 Å². The summed E-state index contributed by atoms with van der Waals surface area (Å²) in [6.07, 6.45) is 2.37. The Balaban J connectivity index is 2.02. The Kier molecular flexibility index (Phi) is 4.83. The van der Waals surface area contributed by atoms with Gasteiger partial charge in [0, 0.05) is 24.0 Å². The zero-order valence-electron chi connectivity index (χ0n) is 11.2. The summed E-state index contributed by atoms with van der Waals surface area (Å²) in [4.78, 5) is 13.2. The van der Waals surface area contributed by atoms with E-state index in [0.29, 0.717) is 0 Å². The summed E-state index contributed by atoms with van der Waals surface area (Å²) in [5.74, 6) is -0.421. The van der Waals surface area contributed by atoms with Crippen molar-refractivity contribution in [2.24, 2.45) is 5.92 Å². The van der Waals surface area contributed by atoms with Crippen LogP contribution in [-0.4, -0.2) is 29.1 Å². The minimum atomic E-state index is -0.692. The number of hydrogen-bond acceptors (Lipinski definition) is 2. The number of rotatable bonds is 4. The Morgan fingerprint density at radius 1 is 1.58 bits per heavy atom. The number of hydrogen-bond donors (Lipinski definition) is 1. The lowest BCUT2D eigenvalue weighted by molar-refractivity contribution is -0.138. The van der Waals surface area contributed by atoms with E-state index in [1.54, 1.807) is 0 Å². The number of carboxylic acid groups (broad SMARTS) is 1. The summed E-state index contributed by atoms with van der Waals surface area (Å²) in [6, 6.07) is 8.20. The Bertz CT molecular complexity index is 450. The maximum absolute atomic E-state index is 10.8. The second-order valence-corrected chi connectivity index (χ2v) is 5.77. The van der Waals surface area contributed by atoms with E-state index in [-0.39, 0.29) is 18.4 Å². The predicted molar refractivity (Wildman–Crippen MR) is 76.4 cm³/mol. The zero-order chi connectivity index (χ0) is 13.8. The number of benzene rings is 1. The maximum Gasteiger partial charge on any atom is 0.303 e. The molecule has 1 heterocycles. The molecule has 1 aromatic carbocycles. The van der Waals surface area contributed by atoms with Crippen LogP contribution >= 0.6 is 11.6 Å². The van der Waals surface area contributed by atoms with Crippen molar-refractivity contribution in [3.05, 3.63) is 34.9 Å². The number of nitrogens with zero attached hydrogens (tertiary/aromatic N) is 1. The number of carbonyl (C=O) groups is 1. The number of aliphatic carboxylic acids is 1. The Morgan fingerprint density at radius 3 is 3.05 bits per heavy atom. The van der Waals surface area contributed by atoms with E-state index >= 15 is 0 Å². The number of carboxylic acids is 1. The normalized spacial score (nSPS) is 22.1. The summed E-state index contributed by atoms with van der Waals surface area (Å²) < 4.78 is 0. The van der Waals surface area contributed by atoms with Gasteiger partial charge in [-0.25, -0.2) is 0 Å². The molecular weight excluding hydrogens is 262 g/mol.